The van der Waals surface area contributed by atoms with E-state index in [1.165, 1.54) is 11.8 Å². The Morgan fingerprint density at radius 3 is 2.93 bits per heavy atom. The number of nitrogens with two attached hydrogens (primary N) is 1. The molecular weight excluding hydrogens is 208 g/mol. The van der Waals surface area contributed by atoms with Crippen LogP contribution in [-0.4, -0.2) is 16.1 Å². The van der Waals surface area contributed by atoms with Crippen molar-refractivity contribution < 1.29 is 4.79 Å². The molecular formula is C11H16N2OS. The van der Waals surface area contributed by atoms with Crippen LogP contribution in [0.4, 0.5) is 0 Å². The summed E-state index contributed by atoms with van der Waals surface area (Å²) in [5, 5.41) is 0.706. The standard InChI is InChI=1S/C11H16N2OS/c1-2-3-6-9(11(12)14)15-10-7-4-5-8-13-10/h4-5,7-9H,2-3,6H2,1H3,(H2,12,14). The number of primary amides is 1. The smallest absolute Gasteiger partial charge is 0.230 e. The van der Waals surface area contributed by atoms with Crippen LogP contribution in [0, 0.1) is 0 Å². The van der Waals surface area contributed by atoms with Gasteiger partial charge in [0.2, 0.25) is 5.91 Å². The molecule has 1 aromatic rings. The van der Waals surface area contributed by atoms with Crippen LogP contribution in [0.15, 0.2) is 29.4 Å². The SMILES string of the molecule is CCCCC(Sc1ccccn1)C(N)=O. The first-order valence-electron chi connectivity index (χ1n) is 5.11. The molecule has 3 nitrogen and oxygen atoms in total. The second kappa shape index (κ2) is 6.45. The Balaban J connectivity index is 2.55. The molecule has 0 aromatic carbocycles. The Kier molecular flexibility index (Phi) is 5.18. The second-order valence-electron chi connectivity index (χ2n) is 3.32. The lowest BCUT2D eigenvalue weighted by atomic mass is 10.2. The molecule has 0 aliphatic heterocycles. The number of hydrogen-bond acceptors (Lipinski definition) is 3. The molecule has 0 bridgehead atoms. The Hall–Kier alpha value is -1.03. The highest BCUT2D eigenvalue weighted by Crippen LogP contribution is 2.24. The second-order valence-corrected chi connectivity index (χ2v) is 4.54. The maximum absolute atomic E-state index is 11.2. The van der Waals surface area contributed by atoms with Crippen molar-refractivity contribution >= 4 is 17.7 Å². The third-order valence-electron chi connectivity index (χ3n) is 2.04. The summed E-state index contributed by atoms with van der Waals surface area (Å²) in [5.74, 6) is -0.251. The molecule has 0 radical (unpaired) electrons. The predicted molar refractivity (Wildman–Crippen MR) is 62.6 cm³/mol. The number of rotatable bonds is 6. The number of hydrogen-bond donors (Lipinski definition) is 1. The molecule has 15 heavy (non-hydrogen) atoms. The summed E-state index contributed by atoms with van der Waals surface area (Å²) >= 11 is 1.45. The first kappa shape index (κ1) is 12.0. The van der Waals surface area contributed by atoms with Crippen molar-refractivity contribution in [3.63, 3.8) is 0 Å². The van der Waals surface area contributed by atoms with Crippen LogP contribution < -0.4 is 5.73 Å². The maximum Gasteiger partial charge on any atom is 0.230 e. The maximum atomic E-state index is 11.2. The summed E-state index contributed by atoms with van der Waals surface area (Å²) < 4.78 is 0. The van der Waals surface area contributed by atoms with E-state index in [4.69, 9.17) is 5.73 Å². The minimum Gasteiger partial charge on any atom is -0.369 e. The molecule has 0 saturated heterocycles. The van der Waals surface area contributed by atoms with Crippen LogP contribution in [0.2, 0.25) is 0 Å². The zero-order valence-corrected chi connectivity index (χ0v) is 9.67. The van der Waals surface area contributed by atoms with Gasteiger partial charge in [-0.2, -0.15) is 0 Å². The van der Waals surface area contributed by atoms with Gasteiger partial charge in [-0.15, -0.1) is 0 Å². The van der Waals surface area contributed by atoms with Gasteiger partial charge in [0.15, 0.2) is 0 Å². The highest BCUT2D eigenvalue weighted by atomic mass is 32.2. The molecule has 1 amide bonds. The van der Waals surface area contributed by atoms with Crippen molar-refractivity contribution in [3.8, 4) is 0 Å². The third-order valence-corrected chi connectivity index (χ3v) is 3.27. The fourth-order valence-electron chi connectivity index (χ4n) is 1.21. The summed E-state index contributed by atoms with van der Waals surface area (Å²) in [6, 6.07) is 5.66. The summed E-state index contributed by atoms with van der Waals surface area (Å²) in [5.41, 5.74) is 5.34. The molecule has 1 rings (SSSR count). The van der Waals surface area contributed by atoms with E-state index >= 15 is 0 Å². The number of nitrogens with zero attached hydrogens (tertiary/aromatic N) is 1. The number of amides is 1. The summed E-state index contributed by atoms with van der Waals surface area (Å²) in [6.07, 6.45) is 4.65. The number of carbonyl (C=O) groups is 1. The zero-order chi connectivity index (χ0) is 11.1. The summed E-state index contributed by atoms with van der Waals surface area (Å²) in [6.45, 7) is 2.10. The van der Waals surface area contributed by atoms with Crippen LogP contribution in [0.1, 0.15) is 26.2 Å². The van der Waals surface area contributed by atoms with Crippen LogP contribution in [0.25, 0.3) is 0 Å². The van der Waals surface area contributed by atoms with E-state index in [0.717, 1.165) is 24.3 Å². The van der Waals surface area contributed by atoms with E-state index in [9.17, 15) is 4.79 Å². The van der Waals surface area contributed by atoms with Gasteiger partial charge in [-0.25, -0.2) is 4.98 Å². The highest BCUT2D eigenvalue weighted by Gasteiger charge is 2.16. The van der Waals surface area contributed by atoms with E-state index < -0.39 is 0 Å². The Morgan fingerprint density at radius 1 is 1.60 bits per heavy atom. The molecule has 1 aromatic heterocycles. The molecule has 0 spiro atoms. The molecule has 1 unspecified atom stereocenters. The average Bonchev–Trinajstić information content (AvgIpc) is 2.25. The molecule has 82 valence electrons. The topological polar surface area (TPSA) is 56.0 Å². The highest BCUT2D eigenvalue weighted by molar-refractivity contribution is 8.00. The van der Waals surface area contributed by atoms with Gasteiger partial charge in [0.25, 0.3) is 0 Å². The monoisotopic (exact) mass is 224 g/mol. The lowest BCUT2D eigenvalue weighted by molar-refractivity contribution is -0.117. The average molecular weight is 224 g/mol. The summed E-state index contributed by atoms with van der Waals surface area (Å²) in [4.78, 5) is 15.3. The van der Waals surface area contributed by atoms with Gasteiger partial charge in [-0.3, -0.25) is 4.79 Å². The van der Waals surface area contributed by atoms with Crippen molar-refractivity contribution in [2.45, 2.75) is 36.5 Å². The van der Waals surface area contributed by atoms with Gasteiger partial charge in [0.05, 0.1) is 10.3 Å². The molecule has 0 aliphatic rings. The first-order chi connectivity index (χ1) is 7.24. The van der Waals surface area contributed by atoms with Gasteiger partial charge >= 0.3 is 0 Å². The molecule has 1 atom stereocenters. The van der Waals surface area contributed by atoms with Gasteiger partial charge < -0.3 is 5.73 Å². The van der Waals surface area contributed by atoms with E-state index in [1.54, 1.807) is 6.20 Å². The van der Waals surface area contributed by atoms with Crippen LogP contribution in [-0.2, 0) is 4.79 Å². The van der Waals surface area contributed by atoms with Crippen LogP contribution in [0.3, 0.4) is 0 Å². The van der Waals surface area contributed by atoms with Crippen LogP contribution in [0.5, 0.6) is 0 Å². The normalized spacial score (nSPS) is 12.3. The number of unbranched alkanes of at least 4 members (excludes halogenated alkanes) is 1. The molecule has 0 aliphatic carbocycles. The fraction of sp³-hybridized carbons (Fsp3) is 0.455. The molecule has 0 saturated carbocycles. The van der Waals surface area contributed by atoms with Crippen LogP contribution >= 0.6 is 11.8 Å². The number of thioether (sulfide) groups is 1. The minimum atomic E-state index is -0.251. The minimum absolute atomic E-state index is 0.153. The van der Waals surface area contributed by atoms with Crippen molar-refractivity contribution in [3.05, 3.63) is 24.4 Å². The molecule has 4 heteroatoms. The third kappa shape index (κ3) is 4.34. The quantitative estimate of drug-likeness (QED) is 0.754. The Morgan fingerprint density at radius 2 is 2.40 bits per heavy atom. The first-order valence-corrected chi connectivity index (χ1v) is 5.99. The number of pyridine rings is 1. The lowest BCUT2D eigenvalue weighted by Crippen LogP contribution is -2.25. The fourth-order valence-corrected chi connectivity index (χ4v) is 2.18. The largest absolute Gasteiger partial charge is 0.369 e. The molecule has 1 heterocycles. The van der Waals surface area contributed by atoms with E-state index in [-0.39, 0.29) is 11.2 Å². The zero-order valence-electron chi connectivity index (χ0n) is 8.85. The van der Waals surface area contributed by atoms with Crippen molar-refractivity contribution in [2.75, 3.05) is 0 Å². The van der Waals surface area contributed by atoms with Crippen molar-refractivity contribution in [2.24, 2.45) is 5.73 Å². The number of aromatic nitrogens is 1. The van der Waals surface area contributed by atoms with E-state index in [2.05, 4.69) is 11.9 Å². The Labute approximate surface area is 94.5 Å². The molecule has 0 fully saturated rings. The van der Waals surface area contributed by atoms with Gasteiger partial charge in [0, 0.05) is 6.20 Å². The van der Waals surface area contributed by atoms with E-state index in [1.807, 2.05) is 18.2 Å². The Bertz CT molecular complexity index is 303. The predicted octanol–water partition coefficient (Wildman–Crippen LogP) is 2.22. The molecule has 2 N–H and O–H groups in total. The van der Waals surface area contributed by atoms with Gasteiger partial charge in [-0.05, 0) is 18.6 Å². The lowest BCUT2D eigenvalue weighted by Gasteiger charge is -2.11. The summed E-state index contributed by atoms with van der Waals surface area (Å²) in [7, 11) is 0. The van der Waals surface area contributed by atoms with Gasteiger partial charge in [0.1, 0.15) is 0 Å². The van der Waals surface area contributed by atoms with Gasteiger partial charge in [-0.1, -0.05) is 37.6 Å². The number of carbonyl (C=O) groups excluding carboxylic acids is 1. The van der Waals surface area contributed by atoms with E-state index in [0.29, 0.717) is 0 Å². The van der Waals surface area contributed by atoms with Crippen molar-refractivity contribution in [1.29, 1.82) is 0 Å². The van der Waals surface area contributed by atoms with Crippen molar-refractivity contribution in [1.82, 2.24) is 4.98 Å².